The van der Waals surface area contributed by atoms with Gasteiger partial charge in [-0.25, -0.2) is 0 Å². The van der Waals surface area contributed by atoms with Crippen LogP contribution in [-0.2, 0) is 0 Å². The molecule has 0 atom stereocenters. The molecule has 0 radical (unpaired) electrons. The summed E-state index contributed by atoms with van der Waals surface area (Å²) in [6.07, 6.45) is 13.9. The topological polar surface area (TPSA) is 0 Å². The predicted octanol–water partition coefficient (Wildman–Crippen LogP) is 3.12. The van der Waals surface area contributed by atoms with Gasteiger partial charge in [0.2, 0.25) is 0 Å². The van der Waals surface area contributed by atoms with Crippen LogP contribution in [0.5, 0.6) is 0 Å². The van der Waals surface area contributed by atoms with Crippen molar-refractivity contribution in [1.82, 2.24) is 0 Å². The first-order valence-electron chi connectivity index (χ1n) is 8.65. The molecule has 0 fully saturated rings. The van der Waals surface area contributed by atoms with E-state index in [0.717, 1.165) is 5.45 Å². The van der Waals surface area contributed by atoms with E-state index >= 15 is 0 Å². The molecule has 0 spiro atoms. The first kappa shape index (κ1) is 23.0. The summed E-state index contributed by atoms with van der Waals surface area (Å²) < 4.78 is 1.32. The predicted molar refractivity (Wildman–Crippen MR) is 91.8 cm³/mol. The zero-order valence-corrected chi connectivity index (χ0v) is 16.4. The van der Waals surface area contributed by atoms with Crippen LogP contribution in [-0.4, -0.2) is 29.6 Å². The van der Waals surface area contributed by atoms with Crippen LogP contribution in [0.1, 0.15) is 85.0 Å². The van der Waals surface area contributed by atoms with Gasteiger partial charge < -0.3 is 16.9 Å². The van der Waals surface area contributed by atoms with Crippen LogP contribution in [0, 0.1) is 0 Å². The van der Waals surface area contributed by atoms with E-state index in [2.05, 4.69) is 36.7 Å². The van der Waals surface area contributed by atoms with E-state index in [9.17, 15) is 0 Å². The summed E-state index contributed by atoms with van der Waals surface area (Å²) in [7, 11) is 0. The van der Waals surface area contributed by atoms with Crippen LogP contribution in [0.2, 0.25) is 0 Å². The zero-order valence-electron chi connectivity index (χ0n) is 14.1. The number of unbranched alkanes of at least 4 members (excludes halogenated alkanes) is 7. The summed E-state index contributed by atoms with van der Waals surface area (Å²) in [4.78, 5) is 0. The molecule has 0 bridgehead atoms. The van der Waals surface area contributed by atoms with Crippen molar-refractivity contribution in [3.63, 3.8) is 0 Å². The average molecular weight is 371 g/mol. The number of rotatable bonds is 14. The van der Waals surface area contributed by atoms with Gasteiger partial charge in [-0.3, -0.25) is 0 Å². The quantitative estimate of drug-likeness (QED) is 0.191. The third-order valence-corrected chi connectivity index (χ3v) is 5.28. The molecule has 3 heteroatoms. The van der Waals surface area contributed by atoms with E-state index in [1.165, 1.54) is 88.3 Å². The minimum atomic E-state index is 0. The van der Waals surface area contributed by atoms with Crippen LogP contribution in [0.15, 0.2) is 0 Å². The number of alkyl halides is 1. The molecule has 0 saturated carbocycles. The van der Waals surface area contributed by atoms with Gasteiger partial charge in [0.15, 0.2) is 0 Å². The van der Waals surface area contributed by atoms with Gasteiger partial charge >= 0.3 is 0 Å². The number of nitrogens with zero attached hydrogens (tertiary/aromatic N) is 1. The van der Waals surface area contributed by atoms with Gasteiger partial charge in [0, 0.05) is 0 Å². The Balaban J connectivity index is 0. The van der Waals surface area contributed by atoms with Crippen molar-refractivity contribution < 1.29 is 16.9 Å². The van der Waals surface area contributed by atoms with Crippen molar-refractivity contribution in [3.05, 3.63) is 0 Å². The molecule has 0 aromatic heterocycles. The maximum Gasteiger partial charge on any atom is 0.134 e. The molecule has 0 rings (SSSR count). The van der Waals surface area contributed by atoms with Crippen LogP contribution in [0.4, 0.5) is 0 Å². The van der Waals surface area contributed by atoms with Crippen LogP contribution >= 0.6 is 15.9 Å². The lowest BCUT2D eigenvalue weighted by atomic mass is 10.1. The number of hydrogen-bond donors (Lipinski definition) is 0. The number of quaternary nitrogens is 1. The SMILES string of the molecule is CCCCCC[N+](CBr)(CCCC)CCCCCC.[Cl-]. The normalized spacial score (nSPS) is 11.4. The molecule has 0 aliphatic rings. The van der Waals surface area contributed by atoms with Crippen molar-refractivity contribution in [3.8, 4) is 0 Å². The summed E-state index contributed by atoms with van der Waals surface area (Å²) in [6.45, 7) is 11.1. The summed E-state index contributed by atoms with van der Waals surface area (Å²) in [6, 6.07) is 0. The Morgan fingerprint density at radius 3 is 1.35 bits per heavy atom. The second kappa shape index (κ2) is 16.1. The van der Waals surface area contributed by atoms with E-state index in [0.29, 0.717) is 0 Å². The average Bonchev–Trinajstić information content (AvgIpc) is 2.45. The highest BCUT2D eigenvalue weighted by atomic mass is 79.9. The van der Waals surface area contributed by atoms with Gasteiger partial charge in [-0.05, 0) is 48.0 Å². The minimum Gasteiger partial charge on any atom is -1.00 e. The fourth-order valence-corrected chi connectivity index (χ4v) is 3.51. The maximum atomic E-state index is 3.81. The van der Waals surface area contributed by atoms with Gasteiger partial charge in [-0.1, -0.05) is 52.9 Å². The van der Waals surface area contributed by atoms with Crippen molar-refractivity contribution in [2.24, 2.45) is 0 Å². The fraction of sp³-hybridized carbons (Fsp3) is 1.00. The lowest BCUT2D eigenvalue weighted by Crippen LogP contribution is -3.00. The highest BCUT2D eigenvalue weighted by molar-refractivity contribution is 9.09. The molecule has 0 aliphatic carbocycles. The lowest BCUT2D eigenvalue weighted by Gasteiger charge is -2.37. The molecule has 0 unspecified atom stereocenters. The van der Waals surface area contributed by atoms with Crippen LogP contribution in [0.3, 0.4) is 0 Å². The number of halogens is 2. The largest absolute Gasteiger partial charge is 1.00 e. The van der Waals surface area contributed by atoms with E-state index in [1.807, 2.05) is 0 Å². The third kappa shape index (κ3) is 11.4. The van der Waals surface area contributed by atoms with E-state index in [1.54, 1.807) is 0 Å². The molecule has 0 aromatic carbocycles. The minimum absolute atomic E-state index is 0. The first-order chi connectivity index (χ1) is 9.24. The molecule has 0 aliphatic heterocycles. The monoisotopic (exact) mass is 369 g/mol. The van der Waals surface area contributed by atoms with Crippen molar-refractivity contribution in [2.75, 3.05) is 25.1 Å². The summed E-state index contributed by atoms with van der Waals surface area (Å²) in [5.41, 5.74) is 1.16. The molecule has 20 heavy (non-hydrogen) atoms. The molecule has 0 N–H and O–H groups in total. The first-order valence-corrected chi connectivity index (χ1v) is 9.77. The third-order valence-electron chi connectivity index (χ3n) is 4.21. The molecule has 124 valence electrons. The Kier molecular flexibility index (Phi) is 18.5. The molecular formula is C17H37BrClN. The van der Waals surface area contributed by atoms with Gasteiger partial charge in [-0.2, -0.15) is 0 Å². The second-order valence-corrected chi connectivity index (χ2v) is 6.61. The van der Waals surface area contributed by atoms with Gasteiger partial charge in [0.05, 0.1) is 19.6 Å². The van der Waals surface area contributed by atoms with E-state index in [-0.39, 0.29) is 12.4 Å². The van der Waals surface area contributed by atoms with E-state index in [4.69, 9.17) is 0 Å². The lowest BCUT2D eigenvalue weighted by molar-refractivity contribution is -0.915. The maximum absolute atomic E-state index is 3.81. The zero-order chi connectivity index (χ0) is 14.4. The van der Waals surface area contributed by atoms with Crippen molar-refractivity contribution >= 4 is 15.9 Å². The Morgan fingerprint density at radius 1 is 0.600 bits per heavy atom. The van der Waals surface area contributed by atoms with E-state index < -0.39 is 0 Å². The molecule has 1 nitrogen and oxygen atoms in total. The highest BCUT2D eigenvalue weighted by Gasteiger charge is 2.24. The Bertz CT molecular complexity index is 176. The molecular weight excluding hydrogens is 334 g/mol. The smallest absolute Gasteiger partial charge is 0.134 e. The molecule has 0 amide bonds. The summed E-state index contributed by atoms with van der Waals surface area (Å²) >= 11 is 3.81. The molecule has 0 aromatic rings. The fourth-order valence-electron chi connectivity index (χ4n) is 2.76. The van der Waals surface area contributed by atoms with Crippen molar-refractivity contribution in [2.45, 2.75) is 85.0 Å². The van der Waals surface area contributed by atoms with Gasteiger partial charge in [-0.15, -0.1) is 0 Å². The van der Waals surface area contributed by atoms with Crippen LogP contribution < -0.4 is 12.4 Å². The van der Waals surface area contributed by atoms with Crippen LogP contribution in [0.25, 0.3) is 0 Å². The molecule has 0 heterocycles. The number of hydrogen-bond acceptors (Lipinski definition) is 0. The van der Waals surface area contributed by atoms with Gasteiger partial charge in [0.25, 0.3) is 0 Å². The standard InChI is InChI=1S/C17H37BrN.ClH/c1-4-7-10-12-15-19(17-18,14-9-6-3)16-13-11-8-5-2;/h4-17H2,1-3H3;1H/q+1;/p-1. The molecule has 0 saturated heterocycles. The summed E-state index contributed by atoms with van der Waals surface area (Å²) in [5, 5.41) is 0. The summed E-state index contributed by atoms with van der Waals surface area (Å²) in [5.74, 6) is 0. The highest BCUT2D eigenvalue weighted by Crippen LogP contribution is 2.18. The Hall–Kier alpha value is 0.730. The Labute approximate surface area is 143 Å². The van der Waals surface area contributed by atoms with Crippen molar-refractivity contribution in [1.29, 1.82) is 0 Å². The van der Waals surface area contributed by atoms with Gasteiger partial charge in [0.1, 0.15) is 5.45 Å². The Morgan fingerprint density at radius 2 is 1.00 bits per heavy atom. The second-order valence-electron chi connectivity index (χ2n) is 6.11.